The van der Waals surface area contributed by atoms with Gasteiger partial charge in [0.1, 0.15) is 0 Å². The largest absolute Gasteiger partial charge is 0.382 e. The zero-order valence-electron chi connectivity index (χ0n) is 12.8. The summed E-state index contributed by atoms with van der Waals surface area (Å²) in [5.41, 5.74) is 2.35. The van der Waals surface area contributed by atoms with Crippen LogP contribution >= 0.6 is 0 Å². The van der Waals surface area contributed by atoms with Crippen molar-refractivity contribution >= 4 is 10.9 Å². The minimum atomic E-state index is 0.303. The molecular formula is C17H24N2O2. The van der Waals surface area contributed by atoms with Gasteiger partial charge in [0.05, 0.1) is 25.3 Å². The monoisotopic (exact) mass is 288 g/mol. The Hall–Kier alpha value is -1.49. The first-order valence-corrected chi connectivity index (χ1v) is 7.47. The minimum absolute atomic E-state index is 0.303. The molecule has 4 heteroatoms. The van der Waals surface area contributed by atoms with Crippen LogP contribution in [0.15, 0.2) is 36.5 Å². The maximum Gasteiger partial charge on any atom is 0.0704 e. The van der Waals surface area contributed by atoms with Crippen molar-refractivity contribution in [2.45, 2.75) is 19.4 Å². The maximum atomic E-state index is 5.67. The number of nitrogens with one attached hydrogen (secondary N) is 1. The van der Waals surface area contributed by atoms with Gasteiger partial charge in [0.15, 0.2) is 0 Å². The first-order chi connectivity index (χ1) is 10.3. The maximum absolute atomic E-state index is 5.67. The van der Waals surface area contributed by atoms with Gasteiger partial charge in [-0.1, -0.05) is 25.1 Å². The topological polar surface area (TPSA) is 43.4 Å². The van der Waals surface area contributed by atoms with E-state index >= 15 is 0 Å². The summed E-state index contributed by atoms with van der Waals surface area (Å²) in [5.74, 6) is 0. The second-order valence-corrected chi connectivity index (χ2v) is 5.01. The molecule has 0 fully saturated rings. The number of rotatable bonds is 9. The predicted molar refractivity (Wildman–Crippen MR) is 85.6 cm³/mol. The Morgan fingerprint density at radius 2 is 2.05 bits per heavy atom. The molecule has 4 nitrogen and oxygen atoms in total. The number of methoxy groups -OCH3 is 1. The van der Waals surface area contributed by atoms with Crippen LogP contribution in [0.5, 0.6) is 0 Å². The Morgan fingerprint density at radius 1 is 1.19 bits per heavy atom. The first kappa shape index (κ1) is 15.9. The number of benzene rings is 1. The summed E-state index contributed by atoms with van der Waals surface area (Å²) in [4.78, 5) is 4.41. The molecule has 0 aliphatic heterocycles. The van der Waals surface area contributed by atoms with Crippen molar-refractivity contribution in [3.05, 3.63) is 42.1 Å². The Morgan fingerprint density at radius 3 is 2.86 bits per heavy atom. The van der Waals surface area contributed by atoms with Gasteiger partial charge >= 0.3 is 0 Å². The fourth-order valence-corrected chi connectivity index (χ4v) is 2.45. The lowest BCUT2D eigenvalue weighted by Gasteiger charge is -2.19. The zero-order chi connectivity index (χ0) is 14.9. The molecular weight excluding hydrogens is 264 g/mol. The van der Waals surface area contributed by atoms with Crippen molar-refractivity contribution in [3.63, 3.8) is 0 Å². The van der Waals surface area contributed by atoms with E-state index in [1.165, 1.54) is 10.9 Å². The van der Waals surface area contributed by atoms with Crippen LogP contribution in [0.3, 0.4) is 0 Å². The smallest absolute Gasteiger partial charge is 0.0704 e. The van der Waals surface area contributed by atoms with E-state index in [4.69, 9.17) is 9.47 Å². The van der Waals surface area contributed by atoms with Crippen LogP contribution in [-0.4, -0.2) is 44.5 Å². The lowest BCUT2D eigenvalue weighted by atomic mass is 10.0. The number of hydrogen-bond donors (Lipinski definition) is 1. The fraction of sp³-hybridized carbons (Fsp3) is 0.471. The first-order valence-electron chi connectivity index (χ1n) is 7.47. The van der Waals surface area contributed by atoms with E-state index in [0.29, 0.717) is 25.9 Å². The molecule has 0 saturated heterocycles. The third kappa shape index (κ3) is 4.77. The number of nitrogens with zero attached hydrogens (tertiary/aromatic N) is 1. The van der Waals surface area contributed by atoms with Gasteiger partial charge in [-0.05, 0) is 30.7 Å². The quantitative estimate of drug-likeness (QED) is 0.720. The molecule has 2 rings (SSSR count). The highest BCUT2D eigenvalue weighted by Crippen LogP contribution is 2.17. The normalized spacial score (nSPS) is 12.7. The molecule has 114 valence electrons. The molecule has 21 heavy (non-hydrogen) atoms. The molecule has 1 N–H and O–H groups in total. The van der Waals surface area contributed by atoms with Gasteiger partial charge in [0.2, 0.25) is 0 Å². The van der Waals surface area contributed by atoms with Crippen LogP contribution in [-0.2, 0) is 15.9 Å². The van der Waals surface area contributed by atoms with Crippen molar-refractivity contribution in [3.8, 4) is 0 Å². The van der Waals surface area contributed by atoms with E-state index in [9.17, 15) is 0 Å². The fourth-order valence-electron chi connectivity index (χ4n) is 2.45. The summed E-state index contributed by atoms with van der Waals surface area (Å²) in [6, 6.07) is 10.7. The van der Waals surface area contributed by atoms with Crippen LogP contribution in [0.25, 0.3) is 10.9 Å². The number of pyridine rings is 1. The van der Waals surface area contributed by atoms with Gasteiger partial charge in [-0.3, -0.25) is 4.98 Å². The zero-order valence-corrected chi connectivity index (χ0v) is 12.8. The summed E-state index contributed by atoms with van der Waals surface area (Å²) in [7, 11) is 1.69. The van der Waals surface area contributed by atoms with E-state index in [1.807, 2.05) is 12.3 Å². The Bertz CT molecular complexity index is 540. The van der Waals surface area contributed by atoms with Crippen molar-refractivity contribution in [2.24, 2.45) is 0 Å². The number of ether oxygens (including phenoxy) is 2. The molecule has 0 radical (unpaired) electrons. The van der Waals surface area contributed by atoms with Crippen LogP contribution < -0.4 is 5.32 Å². The van der Waals surface area contributed by atoms with Crippen LogP contribution in [0.2, 0.25) is 0 Å². The van der Waals surface area contributed by atoms with Crippen molar-refractivity contribution in [1.82, 2.24) is 10.3 Å². The summed E-state index contributed by atoms with van der Waals surface area (Å²) in [5, 5.41) is 4.71. The molecule has 0 aliphatic rings. The van der Waals surface area contributed by atoms with Gasteiger partial charge in [-0.15, -0.1) is 0 Å². The van der Waals surface area contributed by atoms with Crippen molar-refractivity contribution < 1.29 is 9.47 Å². The van der Waals surface area contributed by atoms with Gasteiger partial charge in [0.25, 0.3) is 0 Å². The molecule has 0 aliphatic carbocycles. The highest BCUT2D eigenvalue weighted by Gasteiger charge is 2.11. The number of aromatic nitrogens is 1. The lowest BCUT2D eigenvalue weighted by Crippen LogP contribution is -2.35. The van der Waals surface area contributed by atoms with E-state index < -0.39 is 0 Å². The summed E-state index contributed by atoms with van der Waals surface area (Å²) in [6.07, 6.45) is 2.82. The third-order valence-electron chi connectivity index (χ3n) is 3.45. The van der Waals surface area contributed by atoms with E-state index in [2.05, 4.69) is 41.5 Å². The molecule has 1 atom stereocenters. The second-order valence-electron chi connectivity index (χ2n) is 5.01. The highest BCUT2D eigenvalue weighted by molar-refractivity contribution is 5.81. The van der Waals surface area contributed by atoms with Gasteiger partial charge in [-0.25, -0.2) is 0 Å². The molecule has 1 aromatic heterocycles. The predicted octanol–water partition coefficient (Wildman–Crippen LogP) is 2.42. The van der Waals surface area contributed by atoms with Crippen LogP contribution in [0, 0.1) is 0 Å². The molecule has 0 bridgehead atoms. The molecule has 1 unspecified atom stereocenters. The Balaban J connectivity index is 2.04. The molecule has 0 spiro atoms. The summed E-state index contributed by atoms with van der Waals surface area (Å²) in [6.45, 7) is 5.01. The molecule has 1 heterocycles. The SMILES string of the molecule is CCNC(COCCOC)Cc1ccnc2ccccc12. The third-order valence-corrected chi connectivity index (χ3v) is 3.45. The van der Waals surface area contributed by atoms with E-state index in [0.717, 1.165) is 18.5 Å². The Kier molecular flexibility index (Phi) is 6.60. The average molecular weight is 288 g/mol. The van der Waals surface area contributed by atoms with Crippen molar-refractivity contribution in [1.29, 1.82) is 0 Å². The molecule has 1 aromatic carbocycles. The van der Waals surface area contributed by atoms with Crippen LogP contribution in [0.1, 0.15) is 12.5 Å². The van der Waals surface area contributed by atoms with Crippen molar-refractivity contribution in [2.75, 3.05) is 33.5 Å². The standard InChI is InChI=1S/C17H24N2O2/c1-3-18-15(13-21-11-10-20-2)12-14-8-9-19-17-7-5-4-6-16(14)17/h4-9,15,18H,3,10-13H2,1-2H3. The van der Waals surface area contributed by atoms with Gasteiger partial charge in [-0.2, -0.15) is 0 Å². The second kappa shape index (κ2) is 8.72. The van der Waals surface area contributed by atoms with Gasteiger partial charge < -0.3 is 14.8 Å². The number of para-hydroxylation sites is 1. The number of likely N-dealkylation sites (N-methyl/N-ethyl adjacent to an activating group) is 1. The summed E-state index contributed by atoms with van der Waals surface area (Å²) >= 11 is 0. The van der Waals surface area contributed by atoms with E-state index in [1.54, 1.807) is 7.11 Å². The van der Waals surface area contributed by atoms with E-state index in [-0.39, 0.29) is 0 Å². The number of fused-ring (bicyclic) bond motifs is 1. The average Bonchev–Trinajstić information content (AvgIpc) is 2.52. The Labute approximate surface area is 126 Å². The minimum Gasteiger partial charge on any atom is -0.382 e. The van der Waals surface area contributed by atoms with Gasteiger partial charge in [0, 0.05) is 24.7 Å². The number of hydrogen-bond acceptors (Lipinski definition) is 4. The summed E-state index contributed by atoms with van der Waals surface area (Å²) < 4.78 is 10.7. The van der Waals surface area contributed by atoms with Crippen LogP contribution in [0.4, 0.5) is 0 Å². The molecule has 0 saturated carbocycles. The highest BCUT2D eigenvalue weighted by atomic mass is 16.5. The lowest BCUT2D eigenvalue weighted by molar-refractivity contribution is 0.0590. The molecule has 2 aromatic rings. The molecule has 0 amide bonds.